The first kappa shape index (κ1) is 13.4. The third kappa shape index (κ3) is 2.95. The summed E-state index contributed by atoms with van der Waals surface area (Å²) in [4.78, 5) is 0. The summed E-state index contributed by atoms with van der Waals surface area (Å²) in [6, 6.07) is 19.9. The Hall–Kier alpha value is -1.56. The summed E-state index contributed by atoms with van der Waals surface area (Å²) in [5, 5.41) is 6.51. The maximum absolute atomic E-state index is 3.60. The molecule has 0 aliphatic carbocycles. The number of rotatable bonds is 5. The molecule has 0 saturated heterocycles. The van der Waals surface area contributed by atoms with Crippen molar-refractivity contribution in [2.75, 3.05) is 0 Å². The molecular weight excluding hydrogens is 261 g/mol. The van der Waals surface area contributed by atoms with E-state index >= 15 is 0 Å². The van der Waals surface area contributed by atoms with Crippen molar-refractivity contribution in [1.82, 2.24) is 5.32 Å². The monoisotopic (exact) mass is 281 g/mol. The number of benzene rings is 2. The van der Waals surface area contributed by atoms with E-state index in [2.05, 4.69) is 72.6 Å². The fraction of sp³-hybridized carbons (Fsp3) is 0.222. The van der Waals surface area contributed by atoms with Crippen molar-refractivity contribution >= 4 is 18.0 Å². The molecule has 1 N–H and O–H groups in total. The van der Waals surface area contributed by atoms with Gasteiger partial charge in [0.25, 0.3) is 0 Å². The Morgan fingerprint density at radius 3 is 2.45 bits per heavy atom. The molecule has 102 valence electrons. The highest BCUT2D eigenvalue weighted by atomic mass is 31.1. The van der Waals surface area contributed by atoms with Crippen LogP contribution in [0.4, 0.5) is 0 Å². The van der Waals surface area contributed by atoms with Crippen molar-refractivity contribution in [3.63, 3.8) is 0 Å². The van der Waals surface area contributed by atoms with Crippen molar-refractivity contribution in [2.45, 2.75) is 26.2 Å². The van der Waals surface area contributed by atoms with Gasteiger partial charge in [0.15, 0.2) is 0 Å². The zero-order valence-electron chi connectivity index (χ0n) is 11.8. The first-order valence-corrected chi connectivity index (χ1v) is 8.79. The molecule has 1 heterocycles. The lowest BCUT2D eigenvalue weighted by Crippen LogP contribution is -2.08. The second kappa shape index (κ2) is 6.26. The lowest BCUT2D eigenvalue weighted by atomic mass is 10.1. The average molecular weight is 281 g/mol. The van der Waals surface area contributed by atoms with Gasteiger partial charge < -0.3 is 5.32 Å². The van der Waals surface area contributed by atoms with Crippen LogP contribution in [0.5, 0.6) is 0 Å². The predicted octanol–water partition coefficient (Wildman–Crippen LogP) is 5.14. The summed E-state index contributed by atoms with van der Waals surface area (Å²) >= 11 is 0. The molecule has 20 heavy (non-hydrogen) atoms. The fourth-order valence-electron chi connectivity index (χ4n) is 2.49. The van der Waals surface area contributed by atoms with E-state index < -0.39 is 0 Å². The minimum Gasteiger partial charge on any atom is -0.305 e. The molecule has 1 atom stereocenters. The SMILES string of the molecule is CCc1ccc(CNCp2ccc3ccccc32)cc1. The van der Waals surface area contributed by atoms with Crippen molar-refractivity contribution in [3.05, 3.63) is 71.5 Å². The molecule has 0 amide bonds. The van der Waals surface area contributed by atoms with Crippen LogP contribution in [0.15, 0.2) is 60.4 Å². The summed E-state index contributed by atoms with van der Waals surface area (Å²) in [5.74, 6) is 2.37. The smallest absolute Gasteiger partial charge is 0.0351 e. The Balaban J connectivity index is 1.62. The van der Waals surface area contributed by atoms with Gasteiger partial charge in [0.1, 0.15) is 0 Å². The van der Waals surface area contributed by atoms with Gasteiger partial charge in [0.05, 0.1) is 0 Å². The van der Waals surface area contributed by atoms with Crippen molar-refractivity contribution in [3.8, 4) is 0 Å². The summed E-state index contributed by atoms with van der Waals surface area (Å²) in [5.41, 5.74) is 2.78. The van der Waals surface area contributed by atoms with Gasteiger partial charge in [0.2, 0.25) is 0 Å². The molecule has 0 fully saturated rings. The second-order valence-electron chi connectivity index (χ2n) is 5.10. The number of hydrogen-bond donors (Lipinski definition) is 1. The van der Waals surface area contributed by atoms with E-state index in [1.807, 2.05) is 0 Å². The normalized spacial score (nSPS) is 11.9. The summed E-state index contributed by atoms with van der Waals surface area (Å²) < 4.78 is 0. The molecular formula is C18H20NP. The van der Waals surface area contributed by atoms with Crippen molar-refractivity contribution in [2.24, 2.45) is 0 Å². The number of nitrogens with one attached hydrogen (secondary N) is 1. The Bertz CT molecular complexity index is 682. The van der Waals surface area contributed by atoms with E-state index in [-0.39, 0.29) is 7.53 Å². The van der Waals surface area contributed by atoms with E-state index in [4.69, 9.17) is 0 Å². The molecule has 0 aliphatic rings. The Labute approximate surface area is 121 Å². The number of aryl methyl sites for hydroxylation is 1. The predicted molar refractivity (Wildman–Crippen MR) is 89.3 cm³/mol. The molecule has 3 aromatic rings. The molecule has 0 aliphatic heterocycles. The van der Waals surface area contributed by atoms with Gasteiger partial charge in [0, 0.05) is 17.9 Å². The molecule has 1 unspecified atom stereocenters. The molecule has 3 rings (SSSR count). The zero-order valence-corrected chi connectivity index (χ0v) is 12.7. The quantitative estimate of drug-likeness (QED) is 0.683. The Kier molecular flexibility index (Phi) is 4.20. The van der Waals surface area contributed by atoms with E-state index in [0.717, 1.165) is 19.3 Å². The first-order chi connectivity index (χ1) is 9.86. The van der Waals surface area contributed by atoms with Gasteiger partial charge in [-0.05, 0) is 28.7 Å². The lowest BCUT2D eigenvalue weighted by Gasteiger charge is -2.06. The van der Waals surface area contributed by atoms with Gasteiger partial charge in [-0.2, -0.15) is 0 Å². The van der Waals surface area contributed by atoms with Crippen LogP contribution in [-0.4, -0.2) is 0 Å². The third-order valence-electron chi connectivity index (χ3n) is 3.72. The molecule has 2 aromatic carbocycles. The molecule has 0 radical (unpaired) electrons. The summed E-state index contributed by atoms with van der Waals surface area (Å²) in [6.45, 7) is 3.15. The molecule has 1 nitrogen and oxygen atoms in total. The van der Waals surface area contributed by atoms with Gasteiger partial charge >= 0.3 is 0 Å². The minimum absolute atomic E-state index is 0.158. The first-order valence-electron chi connectivity index (χ1n) is 7.19. The molecule has 1 aromatic heterocycles. The number of fused-ring (bicyclic) bond motifs is 1. The van der Waals surface area contributed by atoms with E-state index in [0.29, 0.717) is 0 Å². The third-order valence-corrected chi connectivity index (χ3v) is 5.82. The average Bonchev–Trinajstić information content (AvgIpc) is 2.92. The Morgan fingerprint density at radius 1 is 0.900 bits per heavy atom. The molecule has 0 saturated carbocycles. The minimum atomic E-state index is -0.158. The van der Waals surface area contributed by atoms with E-state index in [1.165, 1.54) is 21.6 Å². The van der Waals surface area contributed by atoms with Crippen LogP contribution in [0.2, 0.25) is 0 Å². The molecule has 2 heteroatoms. The largest absolute Gasteiger partial charge is 0.305 e. The second-order valence-corrected chi connectivity index (χ2v) is 7.14. The van der Waals surface area contributed by atoms with Crippen LogP contribution < -0.4 is 5.32 Å². The number of hydrogen-bond acceptors (Lipinski definition) is 1. The van der Waals surface area contributed by atoms with Gasteiger partial charge in [-0.25, -0.2) is 0 Å². The van der Waals surface area contributed by atoms with Crippen LogP contribution >= 0.6 is 7.53 Å². The van der Waals surface area contributed by atoms with Crippen LogP contribution in [0.3, 0.4) is 0 Å². The Morgan fingerprint density at radius 2 is 1.65 bits per heavy atom. The van der Waals surface area contributed by atoms with Crippen LogP contribution in [0.1, 0.15) is 18.1 Å². The summed E-state index contributed by atoms with van der Waals surface area (Å²) in [7, 11) is -0.158. The summed E-state index contributed by atoms with van der Waals surface area (Å²) in [6.07, 6.45) is 2.18. The highest BCUT2D eigenvalue weighted by Gasteiger charge is 2.01. The van der Waals surface area contributed by atoms with Crippen LogP contribution in [0, 0.1) is 0 Å². The van der Waals surface area contributed by atoms with Crippen LogP contribution in [-0.2, 0) is 19.3 Å². The van der Waals surface area contributed by atoms with Crippen molar-refractivity contribution in [1.29, 1.82) is 0 Å². The lowest BCUT2D eigenvalue weighted by molar-refractivity contribution is 0.750. The standard InChI is InChI=1S/C18H20NP/c1-2-15-7-9-16(10-8-15)13-19-14-20-12-11-17-5-3-4-6-18(17)20/h3-12,19H,2,13-14H2,1H3. The van der Waals surface area contributed by atoms with E-state index in [1.54, 1.807) is 0 Å². The topological polar surface area (TPSA) is 12.0 Å². The molecule has 0 spiro atoms. The highest BCUT2D eigenvalue weighted by molar-refractivity contribution is 7.54. The van der Waals surface area contributed by atoms with Crippen molar-refractivity contribution < 1.29 is 0 Å². The van der Waals surface area contributed by atoms with Crippen LogP contribution in [0.25, 0.3) is 10.5 Å². The van der Waals surface area contributed by atoms with Gasteiger partial charge in [-0.15, -0.1) is 7.53 Å². The van der Waals surface area contributed by atoms with Gasteiger partial charge in [-0.1, -0.05) is 61.5 Å². The molecule has 0 bridgehead atoms. The van der Waals surface area contributed by atoms with E-state index in [9.17, 15) is 0 Å². The maximum Gasteiger partial charge on any atom is 0.0351 e. The fourth-order valence-corrected chi connectivity index (χ4v) is 4.38. The highest BCUT2D eigenvalue weighted by Crippen LogP contribution is 2.38. The maximum atomic E-state index is 3.60. The zero-order chi connectivity index (χ0) is 13.8. The van der Waals surface area contributed by atoms with Gasteiger partial charge in [-0.3, -0.25) is 0 Å².